The number of fused-ring (bicyclic) bond motifs is 1. The summed E-state index contributed by atoms with van der Waals surface area (Å²) in [6, 6.07) is 8.14. The molecule has 0 aliphatic carbocycles. The Labute approximate surface area is 208 Å². The molecular formula is C24H21F3N8O2. The van der Waals surface area contributed by atoms with Gasteiger partial charge in [0.15, 0.2) is 5.52 Å². The van der Waals surface area contributed by atoms with E-state index >= 15 is 0 Å². The minimum atomic E-state index is -4.86. The Balaban J connectivity index is 1.70. The van der Waals surface area contributed by atoms with Gasteiger partial charge in [0.25, 0.3) is 5.56 Å². The number of halogens is 3. The van der Waals surface area contributed by atoms with E-state index in [9.17, 15) is 18.0 Å². The lowest BCUT2D eigenvalue weighted by molar-refractivity contribution is -0.147. The van der Waals surface area contributed by atoms with E-state index in [1.165, 1.54) is 12.1 Å². The molecule has 2 unspecified atom stereocenters. The molecular weight excluding hydrogens is 489 g/mol. The molecule has 37 heavy (non-hydrogen) atoms. The average Bonchev–Trinajstić information content (AvgIpc) is 3.31. The number of nitriles is 1. The third kappa shape index (κ3) is 4.51. The van der Waals surface area contributed by atoms with Gasteiger partial charge in [0.1, 0.15) is 17.3 Å². The molecule has 1 aliphatic rings. The van der Waals surface area contributed by atoms with Crippen LogP contribution in [0.5, 0.6) is 0 Å². The Morgan fingerprint density at radius 2 is 1.81 bits per heavy atom. The van der Waals surface area contributed by atoms with Gasteiger partial charge in [-0.05, 0) is 19.1 Å². The molecule has 1 saturated heterocycles. The lowest BCUT2D eigenvalue weighted by Gasteiger charge is -2.36. The van der Waals surface area contributed by atoms with Gasteiger partial charge in [0.2, 0.25) is 11.8 Å². The number of hydrogen-bond acceptors (Lipinski definition) is 8. The summed E-state index contributed by atoms with van der Waals surface area (Å²) in [5.74, 6) is -1.19. The van der Waals surface area contributed by atoms with E-state index in [-0.39, 0.29) is 34.9 Å². The Hall–Kier alpha value is -4.31. The Kier molecular flexibility index (Phi) is 5.91. The number of aryl methyl sites for hydroxylation is 1. The van der Waals surface area contributed by atoms with Crippen molar-refractivity contribution in [3.8, 4) is 17.3 Å². The van der Waals surface area contributed by atoms with Crippen molar-refractivity contribution in [2.75, 3.05) is 18.0 Å². The van der Waals surface area contributed by atoms with Crippen molar-refractivity contribution in [2.45, 2.75) is 25.3 Å². The van der Waals surface area contributed by atoms with Crippen LogP contribution in [-0.2, 0) is 25.0 Å². The highest BCUT2D eigenvalue weighted by atomic mass is 19.4. The maximum absolute atomic E-state index is 13.7. The summed E-state index contributed by atoms with van der Waals surface area (Å²) in [5.41, 5.74) is 0.214. The molecule has 3 aromatic heterocycles. The molecule has 4 aromatic rings. The highest BCUT2D eigenvalue weighted by Crippen LogP contribution is 2.33. The number of rotatable bonds is 3. The second-order valence-electron chi connectivity index (χ2n) is 8.84. The van der Waals surface area contributed by atoms with Crippen LogP contribution in [0.1, 0.15) is 30.0 Å². The normalized spacial score (nSPS) is 18.2. The van der Waals surface area contributed by atoms with Crippen LogP contribution >= 0.6 is 0 Å². The zero-order chi connectivity index (χ0) is 26.5. The summed E-state index contributed by atoms with van der Waals surface area (Å²) in [4.78, 5) is 27.7. The fraction of sp³-hybridized carbons (Fsp3) is 0.333. The second kappa shape index (κ2) is 8.97. The standard InChI is InChI=1S/C24H21F3N8O2/c1-13-10-35(12-17(37-13)16-9-29-33(2)11-16)23-31-18(15-6-4-14(8-28)5-7-15)19-20(32-23)21(36)34(3)22(30-19)24(25,26)27/h4-7,9,11,13,17H,10,12H2,1-3H3. The maximum atomic E-state index is 13.7. The number of hydrogen-bond donors (Lipinski definition) is 0. The molecule has 0 bridgehead atoms. The third-order valence-corrected chi connectivity index (χ3v) is 6.10. The molecule has 0 spiro atoms. The van der Waals surface area contributed by atoms with Crippen molar-refractivity contribution in [2.24, 2.45) is 14.1 Å². The van der Waals surface area contributed by atoms with Gasteiger partial charge in [-0.15, -0.1) is 0 Å². The van der Waals surface area contributed by atoms with Gasteiger partial charge < -0.3 is 9.64 Å². The topological polar surface area (TPSA) is 115 Å². The van der Waals surface area contributed by atoms with E-state index in [0.29, 0.717) is 28.8 Å². The SMILES string of the molecule is CC1CN(c2nc(-c3ccc(C#N)cc3)c3nc(C(F)(F)F)n(C)c(=O)c3n2)CC(c2cnn(C)c2)O1. The summed E-state index contributed by atoms with van der Waals surface area (Å²) in [5, 5.41) is 13.3. The van der Waals surface area contributed by atoms with Crippen LogP contribution in [0.4, 0.5) is 19.1 Å². The number of ether oxygens (including phenoxy) is 1. The predicted octanol–water partition coefficient (Wildman–Crippen LogP) is 2.98. The van der Waals surface area contributed by atoms with E-state index in [0.717, 1.165) is 12.6 Å². The van der Waals surface area contributed by atoms with Crippen LogP contribution in [0, 0.1) is 11.3 Å². The summed E-state index contributed by atoms with van der Waals surface area (Å²) in [7, 11) is 2.80. The highest BCUT2D eigenvalue weighted by Gasteiger charge is 2.37. The summed E-state index contributed by atoms with van der Waals surface area (Å²) in [6.07, 6.45) is -1.92. The van der Waals surface area contributed by atoms with Crippen LogP contribution in [0.2, 0.25) is 0 Å². The van der Waals surface area contributed by atoms with Gasteiger partial charge >= 0.3 is 6.18 Å². The average molecular weight is 510 g/mol. The number of nitrogens with zero attached hydrogens (tertiary/aromatic N) is 8. The molecule has 1 fully saturated rings. The first kappa shape index (κ1) is 24.4. The largest absolute Gasteiger partial charge is 0.449 e. The molecule has 1 aliphatic heterocycles. The molecule has 0 saturated carbocycles. The van der Waals surface area contributed by atoms with Crippen LogP contribution in [0.15, 0.2) is 41.5 Å². The smallest absolute Gasteiger partial charge is 0.367 e. The molecule has 5 rings (SSSR count). The Bertz CT molecular complexity index is 1590. The third-order valence-electron chi connectivity index (χ3n) is 6.10. The molecule has 1 aromatic carbocycles. The highest BCUT2D eigenvalue weighted by molar-refractivity contribution is 5.89. The van der Waals surface area contributed by atoms with Crippen molar-refractivity contribution < 1.29 is 17.9 Å². The van der Waals surface area contributed by atoms with Gasteiger partial charge in [0.05, 0.1) is 30.5 Å². The van der Waals surface area contributed by atoms with E-state index in [2.05, 4.69) is 20.1 Å². The first-order chi connectivity index (χ1) is 17.5. The molecule has 0 radical (unpaired) electrons. The van der Waals surface area contributed by atoms with Crippen molar-refractivity contribution in [3.05, 3.63) is 64.0 Å². The molecule has 0 N–H and O–H groups in total. The van der Waals surface area contributed by atoms with Gasteiger partial charge in [-0.2, -0.15) is 23.5 Å². The van der Waals surface area contributed by atoms with Gasteiger partial charge in [0, 0.05) is 38.0 Å². The molecule has 10 nitrogen and oxygen atoms in total. The molecule has 190 valence electrons. The Morgan fingerprint density at radius 3 is 2.43 bits per heavy atom. The second-order valence-corrected chi connectivity index (χ2v) is 8.84. The van der Waals surface area contributed by atoms with Gasteiger partial charge in [-0.25, -0.2) is 15.0 Å². The van der Waals surface area contributed by atoms with Crippen molar-refractivity contribution in [1.82, 2.24) is 29.3 Å². The first-order valence-corrected chi connectivity index (χ1v) is 11.3. The molecule has 4 heterocycles. The first-order valence-electron chi connectivity index (χ1n) is 11.3. The van der Waals surface area contributed by atoms with E-state index in [4.69, 9.17) is 10.00 Å². The van der Waals surface area contributed by atoms with Crippen LogP contribution in [0.3, 0.4) is 0 Å². The monoisotopic (exact) mass is 510 g/mol. The zero-order valence-corrected chi connectivity index (χ0v) is 20.1. The lowest BCUT2D eigenvalue weighted by Crippen LogP contribution is -2.44. The fourth-order valence-electron chi connectivity index (χ4n) is 4.34. The predicted molar refractivity (Wildman–Crippen MR) is 126 cm³/mol. The van der Waals surface area contributed by atoms with E-state index in [1.54, 1.807) is 30.1 Å². The van der Waals surface area contributed by atoms with Gasteiger partial charge in [-0.3, -0.25) is 14.0 Å². The minimum absolute atomic E-state index is 0.0600. The molecule has 0 amide bonds. The quantitative estimate of drug-likeness (QED) is 0.413. The maximum Gasteiger partial charge on any atom is 0.449 e. The number of morpholine rings is 1. The van der Waals surface area contributed by atoms with E-state index < -0.39 is 17.6 Å². The van der Waals surface area contributed by atoms with Crippen LogP contribution < -0.4 is 10.5 Å². The summed E-state index contributed by atoms with van der Waals surface area (Å²) >= 11 is 0. The van der Waals surface area contributed by atoms with Crippen LogP contribution in [-0.4, -0.2) is 48.5 Å². The fourth-order valence-corrected chi connectivity index (χ4v) is 4.34. The molecule has 13 heteroatoms. The number of anilines is 1. The number of alkyl halides is 3. The van der Waals surface area contributed by atoms with Crippen LogP contribution in [0.25, 0.3) is 22.3 Å². The van der Waals surface area contributed by atoms with Crippen molar-refractivity contribution in [1.29, 1.82) is 5.26 Å². The number of aromatic nitrogens is 6. The molecule has 2 atom stereocenters. The summed E-state index contributed by atoms with van der Waals surface area (Å²) in [6.45, 7) is 2.61. The minimum Gasteiger partial charge on any atom is -0.367 e. The van der Waals surface area contributed by atoms with Gasteiger partial charge in [-0.1, -0.05) is 12.1 Å². The summed E-state index contributed by atoms with van der Waals surface area (Å²) < 4.78 is 49.2. The van der Waals surface area contributed by atoms with Crippen molar-refractivity contribution >= 4 is 17.0 Å². The van der Waals surface area contributed by atoms with E-state index in [1.807, 2.05) is 24.1 Å². The Morgan fingerprint density at radius 1 is 1.08 bits per heavy atom. The van der Waals surface area contributed by atoms with Crippen molar-refractivity contribution in [3.63, 3.8) is 0 Å². The zero-order valence-electron chi connectivity index (χ0n) is 20.1. The number of benzene rings is 1. The lowest BCUT2D eigenvalue weighted by atomic mass is 10.1.